The van der Waals surface area contributed by atoms with Gasteiger partial charge in [0.25, 0.3) is 5.91 Å². The van der Waals surface area contributed by atoms with Gasteiger partial charge < -0.3 is 10.1 Å². The van der Waals surface area contributed by atoms with Gasteiger partial charge in [0.15, 0.2) is 0 Å². The quantitative estimate of drug-likeness (QED) is 0.887. The van der Waals surface area contributed by atoms with E-state index < -0.39 is 0 Å². The van der Waals surface area contributed by atoms with Crippen LogP contribution in [0.5, 0.6) is 0 Å². The number of ether oxygens (including phenoxy) is 1. The minimum absolute atomic E-state index is 0.0244. The monoisotopic (exact) mass is 348 g/mol. The van der Waals surface area contributed by atoms with Gasteiger partial charge in [-0.1, -0.05) is 0 Å². The highest BCUT2D eigenvalue weighted by Gasteiger charge is 2.31. The lowest BCUT2D eigenvalue weighted by molar-refractivity contribution is -0.0672. The summed E-state index contributed by atoms with van der Waals surface area (Å²) in [4.78, 5) is 15.1. The molecule has 0 bridgehead atoms. The maximum atomic E-state index is 12.7. The molecule has 0 spiro atoms. The third kappa shape index (κ3) is 4.61. The summed E-state index contributed by atoms with van der Waals surface area (Å²) in [6.07, 6.45) is 2.89. The van der Waals surface area contributed by atoms with Crippen molar-refractivity contribution in [3.63, 3.8) is 0 Å². The van der Waals surface area contributed by atoms with E-state index in [4.69, 9.17) is 9.84 Å². The predicted molar refractivity (Wildman–Crippen MR) is 98.0 cm³/mol. The van der Waals surface area contributed by atoms with E-state index in [0.717, 1.165) is 25.3 Å². The van der Waals surface area contributed by atoms with E-state index in [1.807, 2.05) is 10.7 Å². The summed E-state index contributed by atoms with van der Waals surface area (Å²) in [5.41, 5.74) is 1.54. The highest BCUT2D eigenvalue weighted by Crippen LogP contribution is 2.40. The lowest BCUT2D eigenvalue weighted by Crippen LogP contribution is -2.48. The standard InChI is InChI=1S/C19H32N4O2/c1-13-11-22(12-14(2)25-13)9-8-20-18(24)17-10-16(15-6-7-15)21-23(17)19(3,4)5/h10,13-15H,6-9,11-12H2,1-5H3,(H,20,24). The number of nitrogens with one attached hydrogen (secondary N) is 1. The Hall–Kier alpha value is -1.40. The van der Waals surface area contributed by atoms with Gasteiger partial charge in [0.05, 0.1) is 23.4 Å². The van der Waals surface area contributed by atoms with Crippen LogP contribution in [-0.2, 0) is 10.3 Å². The van der Waals surface area contributed by atoms with Crippen LogP contribution < -0.4 is 5.32 Å². The summed E-state index contributed by atoms with van der Waals surface area (Å²) in [6, 6.07) is 1.98. The molecule has 25 heavy (non-hydrogen) atoms. The topological polar surface area (TPSA) is 59.4 Å². The Morgan fingerprint density at radius 3 is 2.48 bits per heavy atom. The molecule has 1 N–H and O–H groups in total. The molecule has 2 unspecified atom stereocenters. The van der Waals surface area contributed by atoms with Gasteiger partial charge in [0.2, 0.25) is 0 Å². The van der Waals surface area contributed by atoms with Crippen molar-refractivity contribution in [1.82, 2.24) is 20.0 Å². The van der Waals surface area contributed by atoms with E-state index in [9.17, 15) is 4.79 Å². The summed E-state index contributed by atoms with van der Waals surface area (Å²) in [6.45, 7) is 13.8. The first kappa shape index (κ1) is 18.4. The molecule has 140 valence electrons. The second-order valence-electron chi connectivity index (χ2n) is 8.58. The zero-order chi connectivity index (χ0) is 18.2. The van der Waals surface area contributed by atoms with Crippen molar-refractivity contribution in [3.05, 3.63) is 17.5 Å². The van der Waals surface area contributed by atoms with Gasteiger partial charge in [0.1, 0.15) is 5.69 Å². The van der Waals surface area contributed by atoms with Crippen molar-refractivity contribution in [2.24, 2.45) is 0 Å². The lowest BCUT2D eigenvalue weighted by atomic mass is 10.1. The number of hydrogen-bond acceptors (Lipinski definition) is 4. The zero-order valence-electron chi connectivity index (χ0n) is 16.2. The van der Waals surface area contributed by atoms with Gasteiger partial charge in [-0.3, -0.25) is 14.4 Å². The Morgan fingerprint density at radius 1 is 1.28 bits per heavy atom. The van der Waals surface area contributed by atoms with Gasteiger partial charge in [-0.2, -0.15) is 5.10 Å². The molecule has 2 atom stereocenters. The van der Waals surface area contributed by atoms with Crippen molar-refractivity contribution in [1.29, 1.82) is 0 Å². The molecule has 2 heterocycles. The van der Waals surface area contributed by atoms with Crippen LogP contribution in [0.25, 0.3) is 0 Å². The highest BCUT2D eigenvalue weighted by atomic mass is 16.5. The average Bonchev–Trinajstić information content (AvgIpc) is 3.23. The molecule has 2 fully saturated rings. The predicted octanol–water partition coefficient (Wildman–Crippen LogP) is 2.35. The molecule has 0 aromatic carbocycles. The SMILES string of the molecule is CC1CN(CCNC(=O)c2cc(C3CC3)nn2C(C)(C)C)CC(C)O1. The summed E-state index contributed by atoms with van der Waals surface area (Å²) in [7, 11) is 0. The van der Waals surface area contributed by atoms with Gasteiger partial charge in [-0.25, -0.2) is 0 Å². The van der Waals surface area contributed by atoms with Crippen molar-refractivity contribution in [2.45, 2.75) is 71.1 Å². The number of carbonyl (C=O) groups excluding carboxylic acids is 1. The fourth-order valence-corrected chi connectivity index (χ4v) is 3.54. The minimum Gasteiger partial charge on any atom is -0.373 e. The maximum absolute atomic E-state index is 12.7. The smallest absolute Gasteiger partial charge is 0.269 e. The first-order valence-corrected chi connectivity index (χ1v) is 9.50. The van der Waals surface area contributed by atoms with Crippen LogP contribution in [0.2, 0.25) is 0 Å². The van der Waals surface area contributed by atoms with Gasteiger partial charge in [-0.05, 0) is 53.5 Å². The summed E-state index contributed by atoms with van der Waals surface area (Å²) in [5, 5.41) is 7.79. The Kier molecular flexibility index (Phi) is 5.21. The molecule has 2 aliphatic rings. The van der Waals surface area contributed by atoms with Gasteiger partial charge >= 0.3 is 0 Å². The van der Waals surface area contributed by atoms with E-state index in [0.29, 0.717) is 18.2 Å². The molecule has 3 rings (SSSR count). The van der Waals surface area contributed by atoms with E-state index in [-0.39, 0.29) is 23.7 Å². The lowest BCUT2D eigenvalue weighted by Gasteiger charge is -2.35. The van der Waals surface area contributed by atoms with E-state index >= 15 is 0 Å². The van der Waals surface area contributed by atoms with E-state index in [2.05, 4.69) is 44.8 Å². The fourth-order valence-electron chi connectivity index (χ4n) is 3.54. The van der Waals surface area contributed by atoms with Crippen LogP contribution in [0.4, 0.5) is 0 Å². The number of aromatic nitrogens is 2. The maximum Gasteiger partial charge on any atom is 0.269 e. The minimum atomic E-state index is -0.200. The van der Waals surface area contributed by atoms with Crippen molar-refractivity contribution < 1.29 is 9.53 Å². The second-order valence-corrected chi connectivity index (χ2v) is 8.58. The molecule has 0 radical (unpaired) electrons. The largest absolute Gasteiger partial charge is 0.373 e. The number of rotatable bonds is 5. The number of morpholine rings is 1. The average molecular weight is 348 g/mol. The molecule has 1 aliphatic heterocycles. The summed E-state index contributed by atoms with van der Waals surface area (Å²) in [5.74, 6) is 0.523. The highest BCUT2D eigenvalue weighted by molar-refractivity contribution is 5.92. The molecular weight excluding hydrogens is 316 g/mol. The van der Waals surface area contributed by atoms with Crippen molar-refractivity contribution in [2.75, 3.05) is 26.2 Å². The number of nitrogens with zero attached hydrogens (tertiary/aromatic N) is 3. The molecule has 1 aliphatic carbocycles. The molecular formula is C19H32N4O2. The number of amides is 1. The molecule has 1 amide bonds. The van der Waals surface area contributed by atoms with Crippen molar-refractivity contribution in [3.8, 4) is 0 Å². The zero-order valence-corrected chi connectivity index (χ0v) is 16.2. The molecule has 6 nitrogen and oxygen atoms in total. The Bertz CT molecular complexity index is 605. The van der Waals surface area contributed by atoms with Crippen LogP contribution in [0, 0.1) is 0 Å². The molecule has 1 aromatic rings. The van der Waals surface area contributed by atoms with E-state index in [1.165, 1.54) is 12.8 Å². The summed E-state index contributed by atoms with van der Waals surface area (Å²) < 4.78 is 7.64. The normalized spacial score (nSPS) is 25.2. The van der Waals surface area contributed by atoms with Crippen LogP contribution in [0.1, 0.15) is 69.6 Å². The molecule has 6 heteroatoms. The molecule has 1 saturated carbocycles. The van der Waals surface area contributed by atoms with Crippen LogP contribution >= 0.6 is 0 Å². The van der Waals surface area contributed by atoms with Gasteiger partial charge in [-0.15, -0.1) is 0 Å². The fraction of sp³-hybridized carbons (Fsp3) is 0.789. The van der Waals surface area contributed by atoms with Crippen LogP contribution in [0.3, 0.4) is 0 Å². The Morgan fingerprint density at radius 2 is 1.92 bits per heavy atom. The third-order valence-electron chi connectivity index (χ3n) is 4.80. The van der Waals surface area contributed by atoms with E-state index in [1.54, 1.807) is 0 Å². The Balaban J connectivity index is 1.59. The Labute approximate surface area is 150 Å². The molecule has 1 saturated heterocycles. The first-order chi connectivity index (χ1) is 11.7. The van der Waals surface area contributed by atoms with Crippen molar-refractivity contribution >= 4 is 5.91 Å². The number of carbonyl (C=O) groups is 1. The third-order valence-corrected chi connectivity index (χ3v) is 4.80. The van der Waals surface area contributed by atoms with Gasteiger partial charge in [0, 0.05) is 32.1 Å². The first-order valence-electron chi connectivity index (χ1n) is 9.50. The van der Waals surface area contributed by atoms with Crippen LogP contribution in [-0.4, -0.2) is 59.0 Å². The second kappa shape index (κ2) is 7.08. The summed E-state index contributed by atoms with van der Waals surface area (Å²) >= 11 is 0. The number of hydrogen-bond donors (Lipinski definition) is 1. The van der Waals surface area contributed by atoms with Crippen LogP contribution in [0.15, 0.2) is 6.07 Å². The molecule has 1 aromatic heterocycles.